The van der Waals surface area contributed by atoms with Crippen molar-refractivity contribution in [3.8, 4) is 11.5 Å². The summed E-state index contributed by atoms with van der Waals surface area (Å²) in [7, 11) is 1.55. The van der Waals surface area contributed by atoms with Crippen molar-refractivity contribution in [2.24, 2.45) is 0 Å². The lowest BCUT2D eigenvalue weighted by Gasteiger charge is -2.13. The number of thiocarbonyl (C=S) groups is 1. The first kappa shape index (κ1) is 21.5. The van der Waals surface area contributed by atoms with Crippen LogP contribution in [0.1, 0.15) is 11.1 Å². The summed E-state index contributed by atoms with van der Waals surface area (Å²) in [5.41, 5.74) is 2.23. The van der Waals surface area contributed by atoms with Gasteiger partial charge in [-0.25, -0.2) is 8.78 Å². The number of amides is 1. The summed E-state index contributed by atoms with van der Waals surface area (Å²) in [5.74, 6) is 0.0450. The molecule has 0 bridgehead atoms. The molecular weight excluding hydrogens is 434 g/mol. The van der Waals surface area contributed by atoms with Gasteiger partial charge in [0.1, 0.15) is 35.4 Å². The molecule has 4 rings (SSSR count). The number of halogens is 2. The lowest BCUT2D eigenvalue weighted by atomic mass is 10.1. The average Bonchev–Trinajstić information content (AvgIpc) is 3.07. The van der Waals surface area contributed by atoms with Crippen molar-refractivity contribution in [1.82, 2.24) is 5.32 Å². The third-order valence-electron chi connectivity index (χ3n) is 4.79. The van der Waals surface area contributed by atoms with E-state index in [-0.39, 0.29) is 29.1 Å². The van der Waals surface area contributed by atoms with Gasteiger partial charge in [-0.05, 0) is 84.5 Å². The van der Waals surface area contributed by atoms with E-state index in [9.17, 15) is 13.6 Å². The van der Waals surface area contributed by atoms with Crippen molar-refractivity contribution < 1.29 is 23.0 Å². The molecule has 0 spiro atoms. The second kappa shape index (κ2) is 9.15. The first-order valence-electron chi connectivity index (χ1n) is 9.62. The number of nitrogens with one attached hydrogen (secondary N) is 1. The highest BCUT2D eigenvalue weighted by atomic mass is 32.1. The van der Waals surface area contributed by atoms with E-state index in [4.69, 9.17) is 21.7 Å². The third kappa shape index (κ3) is 4.60. The Labute approximate surface area is 188 Å². The molecule has 5 nitrogen and oxygen atoms in total. The normalized spacial score (nSPS) is 14.6. The van der Waals surface area contributed by atoms with Gasteiger partial charge in [-0.2, -0.15) is 0 Å². The molecule has 0 aromatic heterocycles. The Morgan fingerprint density at radius 1 is 1.00 bits per heavy atom. The minimum absolute atomic E-state index is 0.188. The minimum atomic E-state index is -0.399. The fraction of sp³-hybridized carbons (Fsp3) is 0.0833. The molecule has 1 heterocycles. The molecule has 1 amide bonds. The highest BCUT2D eigenvalue weighted by Gasteiger charge is 2.32. The van der Waals surface area contributed by atoms with Gasteiger partial charge in [0.25, 0.3) is 5.91 Å². The Bertz CT molecular complexity index is 1190. The second-order valence-electron chi connectivity index (χ2n) is 6.92. The Morgan fingerprint density at radius 3 is 2.31 bits per heavy atom. The average molecular weight is 452 g/mol. The highest BCUT2D eigenvalue weighted by Crippen LogP contribution is 2.26. The van der Waals surface area contributed by atoms with Crippen LogP contribution in [0.5, 0.6) is 11.5 Å². The Balaban J connectivity index is 1.56. The summed E-state index contributed by atoms with van der Waals surface area (Å²) in [6, 6.07) is 16.6. The second-order valence-corrected chi connectivity index (χ2v) is 7.31. The molecule has 1 aliphatic rings. The molecule has 1 aliphatic heterocycles. The number of benzene rings is 3. The standard InChI is InChI=1S/C24H18F2N2O3S/c1-30-22-11-2-15(12-16(22)14-31-20-9-5-18(26)6-10-20)13-21-23(29)28(24(32)27-21)19-7-3-17(25)4-8-19/h2-13H,14H2,1H3,(H,27,32)/b21-13-. The Kier molecular flexibility index (Phi) is 6.13. The molecule has 0 unspecified atom stereocenters. The van der Waals surface area contributed by atoms with Crippen LogP contribution in [-0.4, -0.2) is 18.1 Å². The first-order chi connectivity index (χ1) is 15.4. The molecule has 0 atom stereocenters. The maximum atomic E-state index is 13.2. The molecular formula is C24H18F2N2O3S. The van der Waals surface area contributed by atoms with Gasteiger partial charge in [-0.3, -0.25) is 9.69 Å². The third-order valence-corrected chi connectivity index (χ3v) is 5.07. The summed E-state index contributed by atoms with van der Waals surface area (Å²) >= 11 is 5.29. The zero-order chi connectivity index (χ0) is 22.7. The predicted octanol–water partition coefficient (Wildman–Crippen LogP) is 4.81. The lowest BCUT2D eigenvalue weighted by Crippen LogP contribution is -2.30. The van der Waals surface area contributed by atoms with Crippen LogP contribution in [-0.2, 0) is 11.4 Å². The number of rotatable bonds is 6. The van der Waals surface area contributed by atoms with Crippen LogP contribution >= 0.6 is 12.2 Å². The van der Waals surface area contributed by atoms with Crippen molar-refractivity contribution in [2.75, 3.05) is 12.0 Å². The van der Waals surface area contributed by atoms with Crippen LogP contribution in [0.15, 0.2) is 72.4 Å². The molecule has 3 aromatic rings. The number of hydrogen-bond donors (Lipinski definition) is 1. The molecule has 0 radical (unpaired) electrons. The van der Waals surface area contributed by atoms with E-state index in [1.807, 2.05) is 6.07 Å². The van der Waals surface area contributed by atoms with Crippen LogP contribution in [0.3, 0.4) is 0 Å². The van der Waals surface area contributed by atoms with Crippen molar-refractivity contribution >= 4 is 35.0 Å². The summed E-state index contributed by atoms with van der Waals surface area (Å²) in [4.78, 5) is 14.2. The van der Waals surface area contributed by atoms with Crippen LogP contribution < -0.4 is 19.7 Å². The van der Waals surface area contributed by atoms with Crippen LogP contribution in [0.25, 0.3) is 6.08 Å². The molecule has 0 aliphatic carbocycles. The van der Waals surface area contributed by atoms with E-state index in [0.29, 0.717) is 17.2 Å². The van der Waals surface area contributed by atoms with Crippen LogP contribution in [0.4, 0.5) is 14.5 Å². The molecule has 1 fully saturated rings. The maximum Gasteiger partial charge on any atom is 0.281 e. The van der Waals surface area contributed by atoms with Crippen molar-refractivity contribution in [3.63, 3.8) is 0 Å². The number of carbonyl (C=O) groups is 1. The Morgan fingerprint density at radius 2 is 1.66 bits per heavy atom. The van der Waals surface area contributed by atoms with E-state index in [1.54, 1.807) is 37.5 Å². The van der Waals surface area contributed by atoms with Gasteiger partial charge in [-0.1, -0.05) is 6.07 Å². The largest absolute Gasteiger partial charge is 0.496 e. The first-order valence-corrected chi connectivity index (χ1v) is 10.0. The molecule has 0 saturated carbocycles. The van der Waals surface area contributed by atoms with Crippen molar-refractivity contribution in [3.05, 3.63) is 95.2 Å². The van der Waals surface area contributed by atoms with E-state index in [2.05, 4.69) is 5.32 Å². The smallest absolute Gasteiger partial charge is 0.281 e. The SMILES string of the molecule is COc1ccc(/C=C2\NC(=S)N(c3ccc(F)cc3)C2=O)cc1COc1ccc(F)cc1. The fourth-order valence-corrected chi connectivity index (χ4v) is 3.52. The number of methoxy groups -OCH3 is 1. The van der Waals surface area contributed by atoms with E-state index in [1.165, 1.54) is 41.3 Å². The predicted molar refractivity (Wildman–Crippen MR) is 121 cm³/mol. The molecule has 8 heteroatoms. The van der Waals surface area contributed by atoms with Crippen LogP contribution in [0.2, 0.25) is 0 Å². The zero-order valence-electron chi connectivity index (χ0n) is 17.0. The zero-order valence-corrected chi connectivity index (χ0v) is 17.8. The van der Waals surface area contributed by atoms with Crippen molar-refractivity contribution in [1.29, 1.82) is 0 Å². The molecule has 1 saturated heterocycles. The van der Waals surface area contributed by atoms with Gasteiger partial charge in [0.15, 0.2) is 5.11 Å². The monoisotopic (exact) mass is 452 g/mol. The number of hydrogen-bond acceptors (Lipinski definition) is 4. The number of ether oxygens (including phenoxy) is 2. The van der Waals surface area contributed by atoms with Gasteiger partial charge in [0.2, 0.25) is 0 Å². The van der Waals surface area contributed by atoms with Gasteiger partial charge in [0.05, 0.1) is 12.8 Å². The van der Waals surface area contributed by atoms with E-state index in [0.717, 1.165) is 11.1 Å². The molecule has 3 aromatic carbocycles. The van der Waals surface area contributed by atoms with Gasteiger partial charge >= 0.3 is 0 Å². The number of carbonyl (C=O) groups excluding carboxylic acids is 1. The van der Waals surface area contributed by atoms with E-state index < -0.39 is 5.82 Å². The van der Waals surface area contributed by atoms with E-state index >= 15 is 0 Å². The molecule has 1 N–H and O–H groups in total. The molecule has 32 heavy (non-hydrogen) atoms. The summed E-state index contributed by atoms with van der Waals surface area (Å²) in [6.07, 6.45) is 1.67. The summed E-state index contributed by atoms with van der Waals surface area (Å²) in [6.45, 7) is 0.188. The summed E-state index contributed by atoms with van der Waals surface area (Å²) in [5, 5.41) is 3.11. The number of nitrogens with zero attached hydrogens (tertiary/aromatic N) is 1. The molecule has 162 valence electrons. The minimum Gasteiger partial charge on any atom is -0.496 e. The van der Waals surface area contributed by atoms with Crippen molar-refractivity contribution in [2.45, 2.75) is 6.61 Å². The lowest BCUT2D eigenvalue weighted by molar-refractivity contribution is -0.113. The van der Waals surface area contributed by atoms with Gasteiger partial charge in [-0.15, -0.1) is 0 Å². The number of anilines is 1. The Hall–Kier alpha value is -3.78. The van der Waals surface area contributed by atoms with Gasteiger partial charge in [0, 0.05) is 5.56 Å². The van der Waals surface area contributed by atoms with Crippen LogP contribution in [0, 0.1) is 11.6 Å². The maximum absolute atomic E-state index is 13.2. The highest BCUT2D eigenvalue weighted by molar-refractivity contribution is 7.80. The quantitative estimate of drug-likeness (QED) is 0.430. The topological polar surface area (TPSA) is 50.8 Å². The summed E-state index contributed by atoms with van der Waals surface area (Å²) < 4.78 is 37.4. The fourth-order valence-electron chi connectivity index (χ4n) is 3.22. The van der Waals surface area contributed by atoms with Gasteiger partial charge < -0.3 is 14.8 Å².